The van der Waals surface area contributed by atoms with Gasteiger partial charge in [-0.3, -0.25) is 0 Å². The topological polar surface area (TPSA) is 62.7 Å². The van der Waals surface area contributed by atoms with Crippen LogP contribution in [0, 0.1) is 11.3 Å². The van der Waals surface area contributed by atoms with Gasteiger partial charge in [-0.15, -0.1) is 10.2 Å². The van der Waals surface area contributed by atoms with Crippen molar-refractivity contribution in [2.24, 2.45) is 0 Å². The summed E-state index contributed by atoms with van der Waals surface area (Å²) in [5, 5.41) is 17.5. The molecule has 2 aromatic carbocycles. The lowest BCUT2D eigenvalue weighted by Crippen LogP contribution is -1.82. The highest BCUT2D eigenvalue weighted by molar-refractivity contribution is 9.10. The van der Waals surface area contributed by atoms with Crippen LogP contribution in [0.4, 0.5) is 0 Å². The van der Waals surface area contributed by atoms with Gasteiger partial charge in [0.25, 0.3) is 5.22 Å². The first-order valence-electron chi connectivity index (χ1n) is 6.46. The fourth-order valence-electron chi connectivity index (χ4n) is 1.88. The van der Waals surface area contributed by atoms with E-state index in [-0.39, 0.29) is 0 Å². The van der Waals surface area contributed by atoms with Gasteiger partial charge >= 0.3 is 0 Å². The number of benzene rings is 2. The van der Waals surface area contributed by atoms with E-state index in [4.69, 9.17) is 9.68 Å². The predicted octanol–water partition coefficient (Wildman–Crippen LogP) is 4.66. The molecule has 6 heteroatoms. The molecule has 0 aliphatic rings. The van der Waals surface area contributed by atoms with Gasteiger partial charge in [0.2, 0.25) is 5.89 Å². The average Bonchev–Trinajstić information content (AvgIpc) is 3.02. The molecule has 0 aliphatic heterocycles. The zero-order chi connectivity index (χ0) is 15.4. The standard InChI is InChI=1S/C16H10BrN3OS/c17-14-6-2-5-13(8-14)15-19-20-16(21-15)22-10-12-4-1-3-11(7-12)9-18/h1-8H,10H2. The molecular weight excluding hydrogens is 362 g/mol. The van der Waals surface area contributed by atoms with E-state index in [0.717, 1.165) is 15.6 Å². The lowest BCUT2D eigenvalue weighted by atomic mass is 10.2. The fourth-order valence-corrected chi connectivity index (χ4v) is 2.99. The fraction of sp³-hybridized carbons (Fsp3) is 0.0625. The second-order valence-electron chi connectivity index (χ2n) is 4.48. The molecule has 0 bridgehead atoms. The summed E-state index contributed by atoms with van der Waals surface area (Å²) < 4.78 is 6.62. The maximum Gasteiger partial charge on any atom is 0.277 e. The Kier molecular flexibility index (Phi) is 4.56. The maximum absolute atomic E-state index is 8.90. The minimum Gasteiger partial charge on any atom is -0.411 e. The Labute approximate surface area is 140 Å². The minimum atomic E-state index is 0.495. The number of nitrogens with zero attached hydrogens (tertiary/aromatic N) is 3. The summed E-state index contributed by atoms with van der Waals surface area (Å²) in [4.78, 5) is 0. The molecule has 4 nitrogen and oxygen atoms in total. The van der Waals surface area contributed by atoms with Crippen molar-refractivity contribution in [1.29, 1.82) is 5.26 Å². The van der Waals surface area contributed by atoms with Gasteiger partial charge < -0.3 is 4.42 Å². The van der Waals surface area contributed by atoms with Gasteiger partial charge in [0.05, 0.1) is 11.6 Å². The van der Waals surface area contributed by atoms with Gasteiger partial charge in [-0.05, 0) is 35.9 Å². The lowest BCUT2D eigenvalue weighted by molar-refractivity contribution is 0.466. The van der Waals surface area contributed by atoms with E-state index in [2.05, 4.69) is 32.2 Å². The number of thioether (sulfide) groups is 1. The van der Waals surface area contributed by atoms with Crippen LogP contribution in [0.3, 0.4) is 0 Å². The Bertz CT molecular complexity index is 841. The molecule has 1 aromatic heterocycles. The molecule has 0 unspecified atom stereocenters. The van der Waals surface area contributed by atoms with Crippen LogP contribution in [0.1, 0.15) is 11.1 Å². The SMILES string of the molecule is N#Cc1cccc(CSc2nnc(-c3cccc(Br)c3)o2)c1. The molecule has 0 atom stereocenters. The van der Waals surface area contributed by atoms with E-state index in [1.165, 1.54) is 11.8 Å². The highest BCUT2D eigenvalue weighted by Crippen LogP contribution is 2.27. The highest BCUT2D eigenvalue weighted by Gasteiger charge is 2.09. The summed E-state index contributed by atoms with van der Waals surface area (Å²) >= 11 is 4.87. The summed E-state index contributed by atoms with van der Waals surface area (Å²) in [6.07, 6.45) is 0. The summed E-state index contributed by atoms with van der Waals surface area (Å²) in [5.74, 6) is 1.17. The van der Waals surface area contributed by atoms with Crippen molar-refractivity contribution >= 4 is 27.7 Å². The van der Waals surface area contributed by atoms with Crippen LogP contribution < -0.4 is 0 Å². The highest BCUT2D eigenvalue weighted by atomic mass is 79.9. The van der Waals surface area contributed by atoms with E-state index in [9.17, 15) is 0 Å². The molecular formula is C16H10BrN3OS. The van der Waals surface area contributed by atoms with Crippen LogP contribution in [0.5, 0.6) is 0 Å². The summed E-state index contributed by atoms with van der Waals surface area (Å²) in [7, 11) is 0. The van der Waals surface area contributed by atoms with E-state index in [1.54, 1.807) is 6.07 Å². The maximum atomic E-state index is 8.90. The van der Waals surface area contributed by atoms with Gasteiger partial charge in [0.1, 0.15) is 0 Å². The summed E-state index contributed by atoms with van der Waals surface area (Å²) in [6.45, 7) is 0. The van der Waals surface area contributed by atoms with Crippen molar-refractivity contribution in [1.82, 2.24) is 10.2 Å². The second-order valence-corrected chi connectivity index (χ2v) is 6.33. The molecule has 3 aromatic rings. The van der Waals surface area contributed by atoms with Crippen molar-refractivity contribution in [3.8, 4) is 17.5 Å². The Balaban J connectivity index is 1.71. The lowest BCUT2D eigenvalue weighted by Gasteiger charge is -1.98. The van der Waals surface area contributed by atoms with Crippen LogP contribution in [0.2, 0.25) is 0 Å². The number of nitriles is 1. The van der Waals surface area contributed by atoms with Crippen LogP contribution >= 0.6 is 27.7 Å². The zero-order valence-electron chi connectivity index (χ0n) is 11.4. The number of halogens is 1. The molecule has 0 saturated heterocycles. The van der Waals surface area contributed by atoms with E-state index in [1.807, 2.05) is 42.5 Å². The van der Waals surface area contributed by atoms with Crippen LogP contribution in [0.15, 0.2) is 62.6 Å². The number of hydrogen-bond donors (Lipinski definition) is 0. The zero-order valence-corrected chi connectivity index (χ0v) is 13.8. The van der Waals surface area contributed by atoms with Crippen molar-refractivity contribution in [2.75, 3.05) is 0 Å². The molecule has 108 valence electrons. The number of hydrogen-bond acceptors (Lipinski definition) is 5. The molecule has 0 radical (unpaired) electrons. The molecule has 0 spiro atoms. The second kappa shape index (κ2) is 6.77. The van der Waals surface area contributed by atoms with Crippen molar-refractivity contribution in [2.45, 2.75) is 11.0 Å². The molecule has 0 fully saturated rings. The van der Waals surface area contributed by atoms with E-state index in [0.29, 0.717) is 22.4 Å². The van der Waals surface area contributed by atoms with E-state index < -0.39 is 0 Å². The molecule has 0 saturated carbocycles. The Morgan fingerprint density at radius 2 is 2.00 bits per heavy atom. The first-order valence-corrected chi connectivity index (χ1v) is 8.24. The van der Waals surface area contributed by atoms with Crippen LogP contribution in [-0.4, -0.2) is 10.2 Å². The first-order chi connectivity index (χ1) is 10.7. The summed E-state index contributed by atoms with van der Waals surface area (Å²) in [6, 6.07) is 17.3. The Morgan fingerprint density at radius 1 is 1.14 bits per heavy atom. The van der Waals surface area contributed by atoms with Crippen molar-refractivity contribution in [3.63, 3.8) is 0 Å². The third kappa shape index (κ3) is 3.56. The monoisotopic (exact) mass is 371 g/mol. The third-order valence-corrected chi connectivity index (χ3v) is 4.28. The van der Waals surface area contributed by atoms with Crippen molar-refractivity contribution < 1.29 is 4.42 Å². The normalized spacial score (nSPS) is 10.4. The predicted molar refractivity (Wildman–Crippen MR) is 88.2 cm³/mol. The first kappa shape index (κ1) is 14.8. The third-order valence-electron chi connectivity index (χ3n) is 2.90. The molecule has 0 N–H and O–H groups in total. The quantitative estimate of drug-likeness (QED) is 0.623. The van der Waals surface area contributed by atoms with Crippen molar-refractivity contribution in [3.05, 3.63) is 64.1 Å². The molecule has 0 aliphatic carbocycles. The number of aromatic nitrogens is 2. The largest absolute Gasteiger partial charge is 0.411 e. The van der Waals surface area contributed by atoms with Gasteiger partial charge in [-0.25, -0.2) is 0 Å². The van der Waals surface area contributed by atoms with Gasteiger partial charge in [0.15, 0.2) is 0 Å². The molecule has 0 amide bonds. The Morgan fingerprint density at radius 3 is 2.82 bits per heavy atom. The molecule has 1 heterocycles. The van der Waals surface area contributed by atoms with Gasteiger partial charge in [0, 0.05) is 15.8 Å². The summed E-state index contributed by atoms with van der Waals surface area (Å²) in [5.41, 5.74) is 2.57. The van der Waals surface area contributed by atoms with Gasteiger partial charge in [-0.1, -0.05) is 45.9 Å². The van der Waals surface area contributed by atoms with Crippen LogP contribution in [0.25, 0.3) is 11.5 Å². The average molecular weight is 372 g/mol. The number of rotatable bonds is 4. The Hall–Kier alpha value is -2.10. The molecule has 22 heavy (non-hydrogen) atoms. The molecule has 3 rings (SSSR count). The smallest absolute Gasteiger partial charge is 0.277 e. The minimum absolute atomic E-state index is 0.495. The van der Waals surface area contributed by atoms with E-state index >= 15 is 0 Å². The van der Waals surface area contributed by atoms with Crippen LogP contribution in [-0.2, 0) is 5.75 Å². The van der Waals surface area contributed by atoms with Gasteiger partial charge in [-0.2, -0.15) is 5.26 Å².